The molecule has 5 nitrogen and oxygen atoms in total. The van der Waals surface area contributed by atoms with Crippen molar-refractivity contribution in [3.63, 3.8) is 0 Å². The molecule has 1 heterocycles. The largest absolute Gasteiger partial charge is 0.460 e. The van der Waals surface area contributed by atoms with E-state index >= 15 is 0 Å². The number of rotatable bonds is 9. The van der Waals surface area contributed by atoms with E-state index in [1.165, 1.54) is 48.8 Å². The summed E-state index contributed by atoms with van der Waals surface area (Å²) in [4.78, 5) is 27.2. The first kappa shape index (κ1) is 41.0. The topological polar surface area (TPSA) is 64.6 Å². The Kier molecular flexibility index (Phi) is 10.8. The number of carbonyl (C=O) groups is 2. The molecule has 6 aliphatic carbocycles. The van der Waals surface area contributed by atoms with E-state index in [4.69, 9.17) is 9.47 Å². The Morgan fingerprint density at radius 2 is 1.61 bits per heavy atom. The summed E-state index contributed by atoms with van der Waals surface area (Å²) >= 11 is 0. The van der Waals surface area contributed by atoms with Crippen molar-refractivity contribution in [3.05, 3.63) is 71.3 Å². The van der Waals surface area contributed by atoms with Crippen LogP contribution in [0.4, 0.5) is 4.39 Å². The van der Waals surface area contributed by atoms with Crippen LogP contribution < -0.4 is 5.32 Å². The maximum absolute atomic E-state index is 14.8. The lowest BCUT2D eigenvalue weighted by Gasteiger charge is -2.72. The van der Waals surface area contributed by atoms with Gasteiger partial charge in [-0.2, -0.15) is 0 Å². The van der Waals surface area contributed by atoms with Crippen molar-refractivity contribution < 1.29 is 23.5 Å². The predicted molar refractivity (Wildman–Crippen MR) is 226 cm³/mol. The summed E-state index contributed by atoms with van der Waals surface area (Å²) in [6, 6.07) is 9.67. The van der Waals surface area contributed by atoms with Crippen LogP contribution in [0.15, 0.2) is 65.8 Å². The van der Waals surface area contributed by atoms with Gasteiger partial charge in [0.25, 0.3) is 0 Å². The van der Waals surface area contributed by atoms with E-state index in [9.17, 15) is 14.0 Å². The van der Waals surface area contributed by atoms with E-state index < -0.39 is 18.1 Å². The standard InChI is InChI=1S/C51H72FNO4/c1-34(2)38-17-26-51(53-43(54)31-35-20-29-56-30-21-35)28-27-48(6)40(44(38)51)13-14-42-47(5)22-18-39(46(3,4)41(47)19-23-49(42,48)7)37-15-24-50(33-52,25-16-37)45(55)57-32-36-11-9-8-10-12-36/h8-12,15,18,35,38,40-42,44H,1,13-14,16-17,19-33H2,2-7H3,(H,53,54)/t38-,40+,41?,42?,44?,47-,48+,49+,50-,51-/m0/s1. The molecule has 57 heavy (non-hydrogen) atoms. The Hall–Kier alpha value is -2.73. The fraction of sp³-hybridized carbons (Fsp3) is 0.725. The van der Waals surface area contributed by atoms with Crippen LogP contribution >= 0.6 is 0 Å². The highest BCUT2D eigenvalue weighted by Gasteiger charge is 2.70. The van der Waals surface area contributed by atoms with Crippen LogP contribution in [0.25, 0.3) is 0 Å². The maximum atomic E-state index is 14.8. The van der Waals surface area contributed by atoms with Gasteiger partial charge in [0.05, 0.1) is 5.41 Å². The molecule has 0 bridgehead atoms. The molecule has 1 amide bonds. The fourth-order valence-corrected chi connectivity index (χ4v) is 15.4. The number of carbonyl (C=O) groups excluding carboxylic acids is 2. The molecule has 0 aromatic heterocycles. The van der Waals surface area contributed by atoms with Gasteiger partial charge in [0.2, 0.25) is 5.91 Å². The van der Waals surface area contributed by atoms with Crippen molar-refractivity contribution >= 4 is 11.9 Å². The molecule has 1 saturated heterocycles. The Bertz CT molecular complexity index is 1780. The van der Waals surface area contributed by atoms with E-state index in [1.54, 1.807) is 0 Å². The van der Waals surface area contributed by atoms with Gasteiger partial charge in [0, 0.05) is 25.2 Å². The Morgan fingerprint density at radius 3 is 2.30 bits per heavy atom. The molecule has 4 saturated carbocycles. The second kappa shape index (κ2) is 15.1. The highest BCUT2D eigenvalue weighted by atomic mass is 19.1. The first-order chi connectivity index (χ1) is 27.1. The summed E-state index contributed by atoms with van der Waals surface area (Å²) in [6.07, 6.45) is 19.5. The molecule has 8 rings (SSSR count). The van der Waals surface area contributed by atoms with Crippen molar-refractivity contribution in [1.82, 2.24) is 5.32 Å². The van der Waals surface area contributed by atoms with Crippen LogP contribution in [0, 0.1) is 62.6 Å². The van der Waals surface area contributed by atoms with Crippen molar-refractivity contribution in [3.8, 4) is 0 Å². The number of allylic oxidation sites excluding steroid dienone is 5. The lowest BCUT2D eigenvalue weighted by atomic mass is 9.33. The molecule has 7 aliphatic rings. The highest BCUT2D eigenvalue weighted by Crippen LogP contribution is 2.76. The molecule has 1 aromatic rings. The van der Waals surface area contributed by atoms with Crippen molar-refractivity contribution in [1.29, 1.82) is 0 Å². The van der Waals surface area contributed by atoms with Gasteiger partial charge in [0.1, 0.15) is 13.3 Å². The molecule has 1 N–H and O–H groups in total. The molecule has 0 radical (unpaired) electrons. The molecule has 312 valence electrons. The maximum Gasteiger partial charge on any atom is 0.315 e. The second-order valence-corrected chi connectivity index (χ2v) is 21.6. The zero-order valence-corrected chi connectivity index (χ0v) is 36.2. The number of fused-ring (bicyclic) bond motifs is 7. The van der Waals surface area contributed by atoms with Gasteiger partial charge >= 0.3 is 5.97 Å². The number of benzene rings is 1. The van der Waals surface area contributed by atoms with Crippen LogP contribution in [0.1, 0.15) is 143 Å². The molecule has 5 fully saturated rings. The quantitative estimate of drug-likeness (QED) is 0.200. The Balaban J connectivity index is 1.02. The Labute approximate surface area is 343 Å². The zero-order valence-electron chi connectivity index (χ0n) is 36.2. The monoisotopic (exact) mass is 782 g/mol. The van der Waals surface area contributed by atoms with E-state index in [0.29, 0.717) is 61.2 Å². The first-order valence-electron chi connectivity index (χ1n) is 22.8. The normalized spacial score (nSPS) is 41.3. The average molecular weight is 782 g/mol. The number of hydrogen-bond donors (Lipinski definition) is 1. The molecular formula is C51H72FNO4. The second-order valence-electron chi connectivity index (χ2n) is 21.6. The van der Waals surface area contributed by atoms with E-state index in [2.05, 4.69) is 65.6 Å². The predicted octanol–water partition coefficient (Wildman–Crippen LogP) is 11.7. The minimum atomic E-state index is -1.10. The molecule has 10 atom stereocenters. The lowest BCUT2D eigenvalue weighted by molar-refractivity contribution is -0.221. The number of halogens is 1. The molecular weight excluding hydrogens is 710 g/mol. The number of alkyl halides is 1. The molecule has 3 unspecified atom stereocenters. The van der Waals surface area contributed by atoms with Gasteiger partial charge in [-0.3, -0.25) is 9.59 Å². The summed E-state index contributed by atoms with van der Waals surface area (Å²) in [5.74, 6) is 2.97. The SMILES string of the molecule is C=C(C)[C@@H]1CC[C@]2(NC(=O)CC3CCOCC3)CC[C@]3(C)[C@H](CCC4[C@@]5(C)CC=C(C6=CC[C@](CF)(C(=O)OCc7ccccc7)CC6)C(C)(C)C5CC[C@]43C)C12. The number of amides is 1. The van der Waals surface area contributed by atoms with Gasteiger partial charge in [-0.15, -0.1) is 0 Å². The summed E-state index contributed by atoms with van der Waals surface area (Å²) in [5.41, 5.74) is 4.36. The summed E-state index contributed by atoms with van der Waals surface area (Å²) in [6.45, 7) is 20.9. The minimum absolute atomic E-state index is 0.0194. The van der Waals surface area contributed by atoms with E-state index in [0.717, 1.165) is 57.3 Å². The van der Waals surface area contributed by atoms with Crippen LogP contribution in [0.2, 0.25) is 0 Å². The summed E-state index contributed by atoms with van der Waals surface area (Å²) < 4.78 is 26.1. The lowest BCUT2D eigenvalue weighted by Crippen LogP contribution is -2.68. The van der Waals surface area contributed by atoms with Crippen molar-refractivity contribution in [2.24, 2.45) is 62.6 Å². The van der Waals surface area contributed by atoms with Crippen LogP contribution in [0.3, 0.4) is 0 Å². The van der Waals surface area contributed by atoms with Crippen LogP contribution in [-0.4, -0.2) is 37.3 Å². The van der Waals surface area contributed by atoms with Gasteiger partial charge in [-0.05, 0) is 171 Å². The number of ether oxygens (including phenoxy) is 2. The minimum Gasteiger partial charge on any atom is -0.460 e. The van der Waals surface area contributed by atoms with Crippen molar-refractivity contribution in [2.75, 3.05) is 19.9 Å². The fourth-order valence-electron chi connectivity index (χ4n) is 15.4. The number of hydrogen-bond acceptors (Lipinski definition) is 4. The van der Waals surface area contributed by atoms with Gasteiger partial charge in [-0.1, -0.05) is 89.3 Å². The van der Waals surface area contributed by atoms with Crippen molar-refractivity contribution in [2.45, 2.75) is 150 Å². The third kappa shape index (κ3) is 6.64. The summed E-state index contributed by atoms with van der Waals surface area (Å²) in [5, 5.41) is 3.81. The van der Waals surface area contributed by atoms with Gasteiger partial charge < -0.3 is 14.8 Å². The first-order valence-corrected chi connectivity index (χ1v) is 22.8. The Morgan fingerprint density at radius 1 is 0.860 bits per heavy atom. The van der Waals surface area contributed by atoms with Gasteiger partial charge in [-0.25, -0.2) is 4.39 Å². The third-order valence-corrected chi connectivity index (χ3v) is 18.7. The number of nitrogens with one attached hydrogen (secondary N) is 1. The number of esters is 1. The average Bonchev–Trinajstić information content (AvgIpc) is 3.57. The zero-order chi connectivity index (χ0) is 40.4. The highest BCUT2D eigenvalue weighted by molar-refractivity contribution is 5.78. The smallest absolute Gasteiger partial charge is 0.315 e. The third-order valence-electron chi connectivity index (χ3n) is 18.7. The molecule has 6 heteroatoms. The van der Waals surface area contributed by atoms with Crippen LogP contribution in [-0.2, 0) is 25.7 Å². The molecule has 1 aromatic carbocycles. The van der Waals surface area contributed by atoms with Gasteiger partial charge in [0.15, 0.2) is 0 Å². The van der Waals surface area contributed by atoms with E-state index in [1.807, 2.05) is 30.3 Å². The van der Waals surface area contributed by atoms with E-state index in [-0.39, 0.29) is 39.7 Å². The molecule has 0 spiro atoms. The molecule has 1 aliphatic heterocycles. The summed E-state index contributed by atoms with van der Waals surface area (Å²) in [7, 11) is 0. The van der Waals surface area contributed by atoms with Crippen LogP contribution in [0.5, 0.6) is 0 Å².